The fraction of sp³-hybridized carbons (Fsp3) is 0.175. The Balaban J connectivity index is 1.14. The third kappa shape index (κ3) is 5.06. The minimum absolute atomic E-state index is 0.0858. The summed E-state index contributed by atoms with van der Waals surface area (Å²) in [6.45, 7) is 0.180. The molecule has 1 aliphatic carbocycles. The molecule has 2 aliphatic rings. The van der Waals surface area contributed by atoms with Crippen LogP contribution in [0.4, 0.5) is 4.79 Å². The summed E-state index contributed by atoms with van der Waals surface area (Å²) in [5.41, 5.74) is 6.22. The van der Waals surface area contributed by atoms with E-state index in [0.717, 1.165) is 38.9 Å². The highest BCUT2D eigenvalue weighted by molar-refractivity contribution is 5.82. The van der Waals surface area contributed by atoms with Gasteiger partial charge in [0.05, 0.1) is 0 Å². The first-order valence-corrected chi connectivity index (χ1v) is 16.4. The molecular weight excluding hydrogens is 614 g/mol. The van der Waals surface area contributed by atoms with Crippen molar-refractivity contribution in [3.63, 3.8) is 0 Å². The first-order chi connectivity index (χ1) is 24.1. The molecule has 1 amide bonds. The minimum atomic E-state index is -1.11. The molecule has 1 N–H and O–H groups in total. The molecule has 1 aromatic heterocycles. The lowest BCUT2D eigenvalue weighted by Gasteiger charge is -2.37. The Morgan fingerprint density at radius 3 is 1.71 bits per heavy atom. The van der Waals surface area contributed by atoms with Crippen LogP contribution in [0.5, 0.6) is 0 Å². The van der Waals surface area contributed by atoms with Crippen LogP contribution < -0.4 is 0 Å². The summed E-state index contributed by atoms with van der Waals surface area (Å²) in [5, 5.41) is 23.6. The number of benzene rings is 5. The van der Waals surface area contributed by atoms with Gasteiger partial charge in [-0.05, 0) is 55.8 Å². The molecule has 0 saturated carbocycles. The Kier molecular flexibility index (Phi) is 7.72. The number of amides is 1. The van der Waals surface area contributed by atoms with Gasteiger partial charge in [-0.1, -0.05) is 140 Å². The van der Waals surface area contributed by atoms with Crippen LogP contribution in [0.1, 0.15) is 51.9 Å². The largest absolute Gasteiger partial charge is 0.480 e. The van der Waals surface area contributed by atoms with E-state index in [4.69, 9.17) is 4.74 Å². The van der Waals surface area contributed by atoms with E-state index in [2.05, 4.69) is 39.8 Å². The summed E-state index contributed by atoms with van der Waals surface area (Å²) < 4.78 is 7.74. The third-order valence-electron chi connectivity index (χ3n) is 9.91. The van der Waals surface area contributed by atoms with Crippen LogP contribution in [-0.2, 0) is 15.1 Å². The molecule has 9 nitrogen and oxygen atoms in total. The van der Waals surface area contributed by atoms with Crippen LogP contribution in [0.2, 0.25) is 0 Å². The minimum Gasteiger partial charge on any atom is -0.480 e. The molecule has 0 bridgehead atoms. The Labute approximate surface area is 283 Å². The lowest BCUT2D eigenvalue weighted by Crippen LogP contribution is -2.41. The molecular formula is C40H33N5O4. The summed E-state index contributed by atoms with van der Waals surface area (Å²) >= 11 is 0. The van der Waals surface area contributed by atoms with Gasteiger partial charge in [0.1, 0.15) is 18.2 Å². The van der Waals surface area contributed by atoms with Crippen molar-refractivity contribution in [1.82, 2.24) is 25.1 Å². The number of carboxylic acids is 1. The predicted octanol–water partition coefficient (Wildman–Crippen LogP) is 6.70. The Morgan fingerprint density at radius 1 is 0.714 bits per heavy atom. The zero-order valence-electron chi connectivity index (χ0n) is 26.5. The molecule has 1 saturated heterocycles. The first kappa shape index (κ1) is 30.3. The van der Waals surface area contributed by atoms with Gasteiger partial charge in [0, 0.05) is 18.4 Å². The fourth-order valence-corrected chi connectivity index (χ4v) is 7.73. The third-order valence-corrected chi connectivity index (χ3v) is 9.91. The lowest BCUT2D eigenvalue weighted by molar-refractivity contribution is -0.141. The van der Waals surface area contributed by atoms with Gasteiger partial charge in [-0.25, -0.2) is 14.3 Å². The normalized spacial score (nSPS) is 17.0. The second-order valence-corrected chi connectivity index (χ2v) is 12.5. The Bertz CT molecular complexity index is 1980. The van der Waals surface area contributed by atoms with Gasteiger partial charge >= 0.3 is 12.1 Å². The van der Waals surface area contributed by atoms with Gasteiger partial charge in [-0.3, -0.25) is 4.90 Å². The number of hydrogen-bond donors (Lipinski definition) is 1. The zero-order valence-corrected chi connectivity index (χ0v) is 26.5. The molecule has 49 heavy (non-hydrogen) atoms. The second-order valence-electron chi connectivity index (χ2n) is 12.5. The standard InChI is InChI=1S/C40H33N5O4/c46-38(47)36-24-27(25-44(36)39(48)49-26-35-33-22-12-10-20-31(33)32-21-11-13-23-34(32)35)37-41-42-43-45(37)40(28-14-4-1-5-15-28,29-16-6-2-7-17-29)30-18-8-3-9-19-30/h1-23,27,35-36H,24-26H2,(H,46,47)/t27-,36+/m0/s1. The number of nitrogens with zero attached hydrogens (tertiary/aromatic N) is 5. The van der Waals surface area contributed by atoms with E-state index in [1.807, 2.05) is 115 Å². The average molecular weight is 648 g/mol. The number of likely N-dealkylation sites (tertiary alicyclic amines) is 1. The van der Waals surface area contributed by atoms with Crippen molar-refractivity contribution in [2.75, 3.05) is 13.2 Å². The van der Waals surface area contributed by atoms with E-state index in [1.54, 1.807) is 4.68 Å². The van der Waals surface area contributed by atoms with Crippen LogP contribution in [0.25, 0.3) is 11.1 Å². The molecule has 1 fully saturated rings. The fourth-order valence-electron chi connectivity index (χ4n) is 7.73. The molecule has 9 heteroatoms. The summed E-state index contributed by atoms with van der Waals surface area (Å²) in [6.07, 6.45) is -0.537. The summed E-state index contributed by atoms with van der Waals surface area (Å²) in [5.74, 6) is -1.24. The average Bonchev–Trinajstić information content (AvgIpc) is 3.89. The SMILES string of the molecule is O=C(O)[C@H]1C[C@H](c2nnnn2C(c2ccccc2)(c2ccccc2)c2ccccc2)CN1C(=O)OCC1c2ccccc2-c2ccccc21. The van der Waals surface area contributed by atoms with Crippen molar-refractivity contribution in [1.29, 1.82) is 0 Å². The van der Waals surface area contributed by atoms with Gasteiger partial charge < -0.3 is 9.84 Å². The van der Waals surface area contributed by atoms with E-state index in [0.29, 0.717) is 5.82 Å². The molecule has 1 aliphatic heterocycles. The van der Waals surface area contributed by atoms with Crippen LogP contribution >= 0.6 is 0 Å². The zero-order chi connectivity index (χ0) is 33.4. The van der Waals surface area contributed by atoms with Gasteiger partial charge in [0.2, 0.25) is 0 Å². The number of rotatable bonds is 8. The number of hydrogen-bond acceptors (Lipinski definition) is 6. The topological polar surface area (TPSA) is 110 Å². The van der Waals surface area contributed by atoms with Crippen LogP contribution in [0.15, 0.2) is 140 Å². The second kappa shape index (κ2) is 12.5. The van der Waals surface area contributed by atoms with E-state index < -0.39 is 29.6 Å². The van der Waals surface area contributed by atoms with Crippen LogP contribution in [-0.4, -0.2) is 61.5 Å². The van der Waals surface area contributed by atoms with E-state index in [1.165, 1.54) is 4.90 Å². The van der Waals surface area contributed by atoms with Gasteiger partial charge in [0.25, 0.3) is 0 Å². The Morgan fingerprint density at radius 2 is 1.20 bits per heavy atom. The maximum Gasteiger partial charge on any atom is 0.410 e. The number of carbonyl (C=O) groups is 2. The summed E-state index contributed by atoms with van der Waals surface area (Å²) in [7, 11) is 0. The summed E-state index contributed by atoms with van der Waals surface area (Å²) in [6, 6.07) is 45.2. The van der Waals surface area contributed by atoms with Crippen molar-refractivity contribution in [3.8, 4) is 11.1 Å². The highest BCUT2D eigenvalue weighted by Gasteiger charge is 2.47. The molecule has 5 aromatic carbocycles. The molecule has 8 rings (SSSR count). The van der Waals surface area contributed by atoms with Gasteiger partial charge in [-0.2, -0.15) is 0 Å². The predicted molar refractivity (Wildman–Crippen MR) is 183 cm³/mol. The number of carbonyl (C=O) groups excluding carboxylic acids is 1. The number of aromatic nitrogens is 4. The smallest absolute Gasteiger partial charge is 0.410 e. The maximum absolute atomic E-state index is 13.8. The van der Waals surface area contributed by atoms with Gasteiger partial charge in [-0.15, -0.1) is 5.10 Å². The number of ether oxygens (including phenoxy) is 1. The van der Waals surface area contributed by atoms with Crippen molar-refractivity contribution < 1.29 is 19.4 Å². The molecule has 0 radical (unpaired) electrons. The molecule has 242 valence electrons. The Hall–Kier alpha value is -6.09. The highest BCUT2D eigenvalue weighted by atomic mass is 16.6. The molecule has 2 heterocycles. The van der Waals surface area contributed by atoms with Gasteiger partial charge in [0.15, 0.2) is 5.82 Å². The quantitative estimate of drug-likeness (QED) is 0.183. The molecule has 0 spiro atoms. The molecule has 0 unspecified atom stereocenters. The van der Waals surface area contributed by atoms with E-state index in [9.17, 15) is 14.7 Å². The monoisotopic (exact) mass is 647 g/mol. The maximum atomic E-state index is 13.8. The van der Waals surface area contributed by atoms with Crippen molar-refractivity contribution in [2.45, 2.75) is 29.8 Å². The van der Waals surface area contributed by atoms with Crippen molar-refractivity contribution in [2.24, 2.45) is 0 Å². The highest BCUT2D eigenvalue weighted by Crippen LogP contribution is 2.45. The van der Waals surface area contributed by atoms with Crippen LogP contribution in [0.3, 0.4) is 0 Å². The molecule has 2 atom stereocenters. The number of tetrazole rings is 1. The van der Waals surface area contributed by atoms with E-state index >= 15 is 0 Å². The number of carboxylic acid groups (broad SMARTS) is 1. The number of fused-ring (bicyclic) bond motifs is 3. The summed E-state index contributed by atoms with van der Waals surface area (Å²) in [4.78, 5) is 27.8. The van der Waals surface area contributed by atoms with E-state index in [-0.39, 0.29) is 25.5 Å². The van der Waals surface area contributed by atoms with Crippen LogP contribution in [0, 0.1) is 0 Å². The number of aliphatic carboxylic acids is 1. The first-order valence-electron chi connectivity index (χ1n) is 16.4. The lowest BCUT2D eigenvalue weighted by atomic mass is 9.76. The van der Waals surface area contributed by atoms with Crippen molar-refractivity contribution >= 4 is 12.1 Å². The van der Waals surface area contributed by atoms with Crippen molar-refractivity contribution in [3.05, 3.63) is 173 Å². The molecule has 6 aromatic rings.